The van der Waals surface area contributed by atoms with Gasteiger partial charge in [0.25, 0.3) is 5.19 Å². The molecule has 39 heavy (non-hydrogen) atoms. The van der Waals surface area contributed by atoms with Gasteiger partial charge in [-0.25, -0.2) is 9.36 Å². The number of rotatable bonds is 17. The molecule has 0 aliphatic rings. The summed E-state index contributed by atoms with van der Waals surface area (Å²) in [5.74, 6) is 0.929. The summed E-state index contributed by atoms with van der Waals surface area (Å²) in [5, 5.41) is 9.61. The van der Waals surface area contributed by atoms with E-state index < -0.39 is 11.4 Å². The maximum Gasteiger partial charge on any atom is 0.329 e. The standard InChI is InChI=1S/C10H19N2O4PS3.C10H19N2O3PS3/c1-5-14-17(18,15-6-2)19-7-12-10(13)20-9(11-12)16-8(3)4;1-5-14-16(17,15-6-2)18-7-12-10(13)19-9(11-12)8(3)4/h8H,5-7H2,1-4H3;8H,5-7H2,1-4H3. The predicted molar refractivity (Wildman–Crippen MR) is 173 cm³/mol. The van der Waals surface area contributed by atoms with Gasteiger partial charge in [-0.15, -0.1) is 5.10 Å². The van der Waals surface area contributed by atoms with Crippen LogP contribution in [0.25, 0.3) is 0 Å². The monoisotopic (exact) mass is 700 g/mol. The second kappa shape index (κ2) is 18.8. The molecule has 0 aromatic carbocycles. The van der Waals surface area contributed by atoms with Crippen molar-refractivity contribution in [3.63, 3.8) is 0 Å². The van der Waals surface area contributed by atoms with Crippen molar-refractivity contribution in [2.24, 2.45) is 0 Å². The summed E-state index contributed by atoms with van der Waals surface area (Å²) in [6, 6.07) is 0. The molecule has 0 unspecified atom stereocenters. The zero-order valence-corrected chi connectivity index (χ0v) is 30.1. The van der Waals surface area contributed by atoms with Gasteiger partial charge in [0.2, 0.25) is 11.4 Å². The van der Waals surface area contributed by atoms with Gasteiger partial charge in [-0.2, -0.15) is 5.10 Å². The molecule has 0 radical (unpaired) electrons. The molecule has 2 aromatic rings. The smallest absolute Gasteiger partial charge is 0.329 e. The van der Waals surface area contributed by atoms with Gasteiger partial charge < -0.3 is 22.8 Å². The van der Waals surface area contributed by atoms with Gasteiger partial charge in [0.1, 0.15) is 16.8 Å². The lowest BCUT2D eigenvalue weighted by molar-refractivity contribution is 0.237. The van der Waals surface area contributed by atoms with E-state index >= 15 is 0 Å². The van der Waals surface area contributed by atoms with Crippen molar-refractivity contribution in [3.8, 4) is 5.19 Å². The Bertz CT molecular complexity index is 1180. The fraction of sp³-hybridized carbons (Fsp3) is 0.800. The number of nitrogens with zero attached hydrogens (tertiary/aromatic N) is 4. The first-order valence-electron chi connectivity index (χ1n) is 12.2. The number of aromatic nitrogens is 4. The van der Waals surface area contributed by atoms with Crippen molar-refractivity contribution >= 4 is 80.4 Å². The van der Waals surface area contributed by atoms with Crippen molar-refractivity contribution in [1.29, 1.82) is 0 Å². The van der Waals surface area contributed by atoms with Crippen LogP contribution in [0.1, 0.15) is 66.3 Å². The molecule has 0 N–H and O–H groups in total. The third kappa shape index (κ3) is 13.9. The van der Waals surface area contributed by atoms with Gasteiger partial charge in [-0.1, -0.05) is 25.2 Å². The van der Waals surface area contributed by atoms with Crippen molar-refractivity contribution in [2.75, 3.05) is 26.4 Å². The first kappa shape index (κ1) is 37.4. The van der Waals surface area contributed by atoms with Crippen LogP contribution < -0.4 is 14.5 Å². The van der Waals surface area contributed by atoms with E-state index in [4.69, 9.17) is 46.4 Å². The van der Waals surface area contributed by atoms with Crippen molar-refractivity contribution in [2.45, 2.75) is 79.2 Å². The van der Waals surface area contributed by atoms with Gasteiger partial charge in [-0.3, -0.25) is 9.59 Å². The normalized spacial score (nSPS) is 12.2. The van der Waals surface area contributed by atoms with E-state index in [0.717, 1.165) is 16.3 Å². The van der Waals surface area contributed by atoms with Crippen molar-refractivity contribution < 1.29 is 22.8 Å². The van der Waals surface area contributed by atoms with Gasteiger partial charge in [-0.05, 0) is 99.3 Å². The Balaban J connectivity index is 0.000000391. The molecule has 0 saturated carbocycles. The highest BCUT2D eigenvalue weighted by atomic mass is 32.9. The van der Waals surface area contributed by atoms with Gasteiger partial charge >= 0.3 is 9.75 Å². The minimum atomic E-state index is -2.41. The molecular formula is C20H38N4O7P2S6. The van der Waals surface area contributed by atoms with Crippen LogP contribution in [0.4, 0.5) is 0 Å². The summed E-state index contributed by atoms with van der Waals surface area (Å²) in [4.78, 5) is 23.3. The van der Waals surface area contributed by atoms with E-state index in [-0.39, 0.29) is 21.8 Å². The van der Waals surface area contributed by atoms with Crippen LogP contribution in [0, 0.1) is 0 Å². The maximum absolute atomic E-state index is 11.8. The molecule has 0 spiro atoms. The Labute approximate surface area is 256 Å². The van der Waals surface area contributed by atoms with Gasteiger partial charge in [0.15, 0.2) is 0 Å². The fourth-order valence-electron chi connectivity index (χ4n) is 2.36. The van der Waals surface area contributed by atoms with Crippen LogP contribution in [0.2, 0.25) is 0 Å². The average Bonchev–Trinajstić information content (AvgIpc) is 3.38. The molecule has 2 rings (SSSR count). The van der Waals surface area contributed by atoms with Crippen molar-refractivity contribution in [1.82, 2.24) is 19.6 Å². The van der Waals surface area contributed by atoms with Crippen LogP contribution in [0.15, 0.2) is 9.59 Å². The fourth-order valence-corrected chi connectivity index (χ4v) is 12.4. The van der Waals surface area contributed by atoms with E-state index in [9.17, 15) is 9.59 Å². The lowest BCUT2D eigenvalue weighted by Crippen LogP contribution is -2.13. The second-order valence-corrected chi connectivity index (χ2v) is 22.2. The SMILES string of the molecule is CCOP(=S)(OCC)SCn1nc(C(C)C)sc1=O.CCOP(=S)(OCC)SCn1nc(OC(C)C)sc1=O. The molecule has 11 nitrogen and oxygen atoms in total. The topological polar surface area (TPSA) is 116 Å². The van der Waals surface area contributed by atoms with Gasteiger partial charge in [0.05, 0.1) is 32.5 Å². The first-order chi connectivity index (χ1) is 18.3. The van der Waals surface area contributed by atoms with Crippen LogP contribution in [-0.4, -0.2) is 52.1 Å². The summed E-state index contributed by atoms with van der Waals surface area (Å²) in [6.45, 7) is 17.3. The summed E-state index contributed by atoms with van der Waals surface area (Å²) < 4.78 is 30.2. The van der Waals surface area contributed by atoms with E-state index in [1.807, 2.05) is 55.4 Å². The average molecular weight is 701 g/mol. The number of ether oxygens (including phenoxy) is 1. The second-order valence-electron chi connectivity index (χ2n) is 7.74. The molecule has 0 bridgehead atoms. The van der Waals surface area contributed by atoms with Crippen LogP contribution in [0.3, 0.4) is 0 Å². The summed E-state index contributed by atoms with van der Waals surface area (Å²) in [7, 11) is 0. The Morgan fingerprint density at radius 3 is 1.54 bits per heavy atom. The summed E-state index contributed by atoms with van der Waals surface area (Å²) >= 11 is 15.6. The van der Waals surface area contributed by atoms with E-state index in [1.54, 1.807) is 0 Å². The maximum atomic E-state index is 11.8. The number of hydrogen-bond acceptors (Lipinski definition) is 15. The zero-order chi connectivity index (χ0) is 29.6. The van der Waals surface area contributed by atoms with E-state index in [1.165, 1.54) is 43.5 Å². The Morgan fingerprint density at radius 1 is 0.769 bits per heavy atom. The highest BCUT2D eigenvalue weighted by Gasteiger charge is 2.21. The highest BCUT2D eigenvalue weighted by molar-refractivity contribution is 8.67. The zero-order valence-electron chi connectivity index (χ0n) is 23.4. The molecule has 226 valence electrons. The van der Waals surface area contributed by atoms with Crippen LogP contribution >= 0.6 is 56.8 Å². The molecule has 0 fully saturated rings. The molecule has 0 saturated heterocycles. The van der Waals surface area contributed by atoms with Crippen molar-refractivity contribution in [3.05, 3.63) is 24.3 Å². The third-order valence-corrected chi connectivity index (χ3v) is 16.4. The molecule has 19 heteroatoms. The Kier molecular flexibility index (Phi) is 18.0. The lowest BCUT2D eigenvalue weighted by Gasteiger charge is -2.19. The minimum Gasteiger partial charge on any atom is -0.466 e. The molecule has 0 atom stereocenters. The number of hydrogen-bond donors (Lipinski definition) is 0. The molecule has 2 heterocycles. The summed E-state index contributed by atoms with van der Waals surface area (Å²) in [6.07, 6.45) is -0.0148. The lowest BCUT2D eigenvalue weighted by atomic mass is 10.2. The minimum absolute atomic E-state index is 0.0148. The summed E-state index contributed by atoms with van der Waals surface area (Å²) in [5.41, 5.74) is -4.77. The van der Waals surface area contributed by atoms with E-state index in [2.05, 4.69) is 10.2 Å². The van der Waals surface area contributed by atoms with E-state index in [0.29, 0.717) is 43.4 Å². The molecule has 0 amide bonds. The Morgan fingerprint density at radius 2 is 1.18 bits per heavy atom. The molecule has 0 aliphatic carbocycles. The predicted octanol–water partition coefficient (Wildman–Crippen LogP) is 6.50. The molecule has 0 aliphatic heterocycles. The molecular weight excluding hydrogens is 663 g/mol. The highest BCUT2D eigenvalue weighted by Crippen LogP contribution is 2.62. The third-order valence-electron chi connectivity index (χ3n) is 3.87. The first-order valence-corrected chi connectivity index (χ1v) is 22.3. The van der Waals surface area contributed by atoms with Gasteiger partial charge in [0, 0.05) is 5.92 Å². The molecule has 2 aromatic heterocycles. The Hall–Kier alpha value is 0.360. The van der Waals surface area contributed by atoms with Crippen LogP contribution in [0.5, 0.6) is 5.19 Å². The quantitative estimate of drug-likeness (QED) is 0.168. The largest absolute Gasteiger partial charge is 0.466 e. The van der Waals surface area contributed by atoms with Crippen LogP contribution in [-0.2, 0) is 53.5 Å².